The summed E-state index contributed by atoms with van der Waals surface area (Å²) in [5, 5.41) is 19.6. The Balaban J connectivity index is 2.09. The lowest BCUT2D eigenvalue weighted by molar-refractivity contribution is 0.474. The molecule has 0 atom stereocenters. The maximum Gasteiger partial charge on any atom is 0.116 e. The summed E-state index contributed by atoms with van der Waals surface area (Å²) in [6.07, 6.45) is 0. The van der Waals surface area contributed by atoms with Crippen molar-refractivity contribution < 1.29 is 10.2 Å². The Morgan fingerprint density at radius 1 is 0.545 bits per heavy atom. The minimum atomic E-state index is 0.272. The summed E-state index contributed by atoms with van der Waals surface area (Å²) in [4.78, 5) is 0. The number of phenols is 2. The largest absolute Gasteiger partial charge is 0.508 e. The third-order valence-electron chi connectivity index (χ3n) is 3.65. The number of hydrogen-bond acceptors (Lipinski definition) is 2. The van der Waals surface area contributed by atoms with Crippen LogP contribution in [0, 0.1) is 13.8 Å². The number of aromatic hydroxyl groups is 2. The van der Waals surface area contributed by atoms with E-state index in [4.69, 9.17) is 0 Å². The van der Waals surface area contributed by atoms with E-state index in [0.717, 1.165) is 33.4 Å². The highest BCUT2D eigenvalue weighted by molar-refractivity contribution is 5.74. The minimum Gasteiger partial charge on any atom is -0.508 e. The topological polar surface area (TPSA) is 40.5 Å². The van der Waals surface area contributed by atoms with Crippen LogP contribution < -0.4 is 0 Å². The van der Waals surface area contributed by atoms with E-state index in [1.807, 2.05) is 44.2 Å². The van der Waals surface area contributed by atoms with E-state index in [1.165, 1.54) is 0 Å². The predicted molar refractivity (Wildman–Crippen MR) is 90.1 cm³/mol. The van der Waals surface area contributed by atoms with Crippen molar-refractivity contribution in [1.82, 2.24) is 0 Å². The second-order valence-electron chi connectivity index (χ2n) is 5.70. The first-order valence-electron chi connectivity index (χ1n) is 7.23. The van der Waals surface area contributed by atoms with Crippen molar-refractivity contribution in [2.75, 3.05) is 0 Å². The Labute approximate surface area is 130 Å². The van der Waals surface area contributed by atoms with Crippen molar-refractivity contribution >= 4 is 0 Å². The number of hydrogen-bond donors (Lipinski definition) is 2. The molecule has 2 heteroatoms. The van der Waals surface area contributed by atoms with Gasteiger partial charge in [0.1, 0.15) is 11.5 Å². The molecular weight excluding hydrogens is 272 g/mol. The molecular formula is C20H18O2. The van der Waals surface area contributed by atoms with Crippen molar-refractivity contribution in [3.63, 3.8) is 0 Å². The van der Waals surface area contributed by atoms with Crippen LogP contribution in [0.15, 0.2) is 60.7 Å². The highest BCUT2D eigenvalue weighted by atomic mass is 16.3. The van der Waals surface area contributed by atoms with Crippen molar-refractivity contribution in [1.29, 1.82) is 0 Å². The lowest BCUT2D eigenvalue weighted by Crippen LogP contribution is -1.84. The average Bonchev–Trinajstić information content (AvgIpc) is 2.45. The Bertz CT molecular complexity index is 728. The van der Waals surface area contributed by atoms with Gasteiger partial charge in [0, 0.05) is 0 Å². The average molecular weight is 290 g/mol. The zero-order valence-electron chi connectivity index (χ0n) is 12.7. The van der Waals surface area contributed by atoms with Crippen molar-refractivity contribution in [3.8, 4) is 33.8 Å². The maximum absolute atomic E-state index is 9.78. The molecule has 3 rings (SSSR count). The third kappa shape index (κ3) is 2.96. The van der Waals surface area contributed by atoms with Gasteiger partial charge in [-0.1, -0.05) is 30.3 Å². The molecule has 22 heavy (non-hydrogen) atoms. The Morgan fingerprint density at radius 2 is 1.00 bits per heavy atom. The second kappa shape index (κ2) is 5.57. The molecule has 3 aromatic carbocycles. The summed E-state index contributed by atoms with van der Waals surface area (Å²) in [5.74, 6) is 0.544. The number of aryl methyl sites for hydroxylation is 2. The highest BCUT2D eigenvalue weighted by Crippen LogP contribution is 2.31. The van der Waals surface area contributed by atoms with E-state index < -0.39 is 0 Å². The Morgan fingerprint density at radius 3 is 1.41 bits per heavy atom. The minimum absolute atomic E-state index is 0.272. The lowest BCUT2D eigenvalue weighted by atomic mass is 9.97. The molecule has 0 saturated carbocycles. The molecule has 0 bridgehead atoms. The monoisotopic (exact) mass is 290 g/mol. The van der Waals surface area contributed by atoms with Crippen LogP contribution in [0.4, 0.5) is 0 Å². The summed E-state index contributed by atoms with van der Waals surface area (Å²) >= 11 is 0. The zero-order valence-corrected chi connectivity index (χ0v) is 12.7. The lowest BCUT2D eigenvalue weighted by Gasteiger charge is -2.09. The van der Waals surface area contributed by atoms with E-state index in [1.54, 1.807) is 24.3 Å². The molecule has 0 fully saturated rings. The van der Waals surface area contributed by atoms with Crippen LogP contribution in [0.5, 0.6) is 11.5 Å². The summed E-state index contributed by atoms with van der Waals surface area (Å²) in [5.41, 5.74) is 6.09. The normalized spacial score (nSPS) is 10.6. The SMILES string of the molecule is Cc1cc(O)cc(-c2cccc(-c3cc(C)cc(O)c3)c2)c1. The van der Waals surface area contributed by atoms with Crippen LogP contribution in [0.2, 0.25) is 0 Å². The molecule has 0 saturated heterocycles. The molecule has 0 radical (unpaired) electrons. The van der Waals surface area contributed by atoms with Gasteiger partial charge in [0.05, 0.1) is 0 Å². The van der Waals surface area contributed by atoms with E-state index in [0.29, 0.717) is 0 Å². The molecule has 0 aliphatic rings. The fourth-order valence-corrected chi connectivity index (χ4v) is 2.74. The smallest absolute Gasteiger partial charge is 0.116 e. The van der Waals surface area contributed by atoms with Gasteiger partial charge in [0.15, 0.2) is 0 Å². The summed E-state index contributed by atoms with van der Waals surface area (Å²) < 4.78 is 0. The van der Waals surface area contributed by atoms with Crippen molar-refractivity contribution in [2.24, 2.45) is 0 Å². The molecule has 2 N–H and O–H groups in total. The Kier molecular flexibility index (Phi) is 3.60. The van der Waals surface area contributed by atoms with Gasteiger partial charge in [0.2, 0.25) is 0 Å². The van der Waals surface area contributed by atoms with Crippen molar-refractivity contribution in [3.05, 3.63) is 71.8 Å². The third-order valence-corrected chi connectivity index (χ3v) is 3.65. The van der Waals surface area contributed by atoms with Crippen LogP contribution in [0.3, 0.4) is 0 Å². The molecule has 0 amide bonds. The predicted octanol–water partition coefficient (Wildman–Crippen LogP) is 5.05. The molecule has 3 aromatic rings. The molecule has 110 valence electrons. The van der Waals surface area contributed by atoms with E-state index in [-0.39, 0.29) is 11.5 Å². The fraction of sp³-hybridized carbons (Fsp3) is 0.100. The molecule has 0 aliphatic carbocycles. The van der Waals surface area contributed by atoms with Gasteiger partial charge in [-0.2, -0.15) is 0 Å². The number of phenolic OH excluding ortho intramolecular Hbond substituents is 2. The van der Waals surface area contributed by atoms with Gasteiger partial charge >= 0.3 is 0 Å². The maximum atomic E-state index is 9.78. The molecule has 0 heterocycles. The van der Waals surface area contributed by atoms with E-state index in [9.17, 15) is 10.2 Å². The van der Waals surface area contributed by atoms with E-state index in [2.05, 4.69) is 6.07 Å². The van der Waals surface area contributed by atoms with Crippen LogP contribution in [0.1, 0.15) is 11.1 Å². The van der Waals surface area contributed by atoms with Crippen molar-refractivity contribution in [2.45, 2.75) is 13.8 Å². The summed E-state index contributed by atoms with van der Waals surface area (Å²) in [6, 6.07) is 19.2. The van der Waals surface area contributed by atoms with E-state index >= 15 is 0 Å². The zero-order chi connectivity index (χ0) is 15.7. The molecule has 2 nitrogen and oxygen atoms in total. The van der Waals surface area contributed by atoms with Crippen LogP contribution in [-0.2, 0) is 0 Å². The first-order valence-corrected chi connectivity index (χ1v) is 7.23. The first kappa shape index (κ1) is 14.2. The number of benzene rings is 3. The van der Waals surface area contributed by atoms with Crippen LogP contribution >= 0.6 is 0 Å². The quantitative estimate of drug-likeness (QED) is 0.693. The molecule has 0 spiro atoms. The highest BCUT2D eigenvalue weighted by Gasteiger charge is 2.05. The molecule has 0 aromatic heterocycles. The molecule has 0 aliphatic heterocycles. The Hall–Kier alpha value is -2.74. The second-order valence-corrected chi connectivity index (χ2v) is 5.70. The summed E-state index contributed by atoms with van der Waals surface area (Å²) in [6.45, 7) is 3.93. The van der Waals surface area contributed by atoms with Gasteiger partial charge in [-0.3, -0.25) is 0 Å². The standard InChI is InChI=1S/C20H18O2/c1-13-6-17(11-19(21)8-13)15-4-3-5-16(10-15)18-7-14(2)9-20(22)12-18/h3-12,21-22H,1-2H3. The summed E-state index contributed by atoms with van der Waals surface area (Å²) in [7, 11) is 0. The number of rotatable bonds is 2. The van der Waals surface area contributed by atoms with Crippen LogP contribution in [-0.4, -0.2) is 10.2 Å². The van der Waals surface area contributed by atoms with Gasteiger partial charge in [-0.25, -0.2) is 0 Å². The van der Waals surface area contributed by atoms with Gasteiger partial charge in [-0.05, 0) is 77.6 Å². The van der Waals surface area contributed by atoms with Gasteiger partial charge in [-0.15, -0.1) is 0 Å². The van der Waals surface area contributed by atoms with Gasteiger partial charge in [0.25, 0.3) is 0 Å². The molecule has 0 unspecified atom stereocenters. The van der Waals surface area contributed by atoms with Gasteiger partial charge < -0.3 is 10.2 Å². The fourth-order valence-electron chi connectivity index (χ4n) is 2.74. The first-order chi connectivity index (χ1) is 10.5. The van der Waals surface area contributed by atoms with Crippen LogP contribution in [0.25, 0.3) is 22.3 Å².